The van der Waals surface area contributed by atoms with Gasteiger partial charge in [0.05, 0.1) is 12.1 Å². The number of hydrogen-bond acceptors (Lipinski definition) is 4. The quantitative estimate of drug-likeness (QED) is 0.423. The van der Waals surface area contributed by atoms with Crippen LogP contribution in [0, 0.1) is 0 Å². The molecule has 0 unspecified atom stereocenters. The number of aromatic nitrogens is 2. The van der Waals surface area contributed by atoms with Gasteiger partial charge in [0, 0.05) is 18.4 Å². The Kier molecular flexibility index (Phi) is 9.40. The van der Waals surface area contributed by atoms with Crippen LogP contribution in [0.15, 0.2) is 30.5 Å². The van der Waals surface area contributed by atoms with Crippen LogP contribution >= 0.6 is 0 Å². The zero-order valence-corrected chi connectivity index (χ0v) is 18.5. The van der Waals surface area contributed by atoms with Gasteiger partial charge in [-0.05, 0) is 39.1 Å². The molecule has 8 heteroatoms. The first-order valence-corrected chi connectivity index (χ1v) is 10.7. The lowest BCUT2D eigenvalue weighted by Gasteiger charge is -2.16. The molecule has 0 spiro atoms. The number of amides is 1. The van der Waals surface area contributed by atoms with Crippen LogP contribution < -0.4 is 10.3 Å². The Morgan fingerprint density at radius 2 is 1.97 bits per heavy atom. The van der Waals surface area contributed by atoms with Crippen molar-refractivity contribution in [3.63, 3.8) is 0 Å². The van der Waals surface area contributed by atoms with Gasteiger partial charge in [-0.15, -0.1) is 0 Å². The van der Waals surface area contributed by atoms with Gasteiger partial charge in [-0.25, -0.2) is 14.8 Å². The van der Waals surface area contributed by atoms with E-state index in [4.69, 9.17) is 0 Å². The highest BCUT2D eigenvalue weighted by Gasteiger charge is 2.23. The maximum atomic E-state index is 12.4. The van der Waals surface area contributed by atoms with Crippen LogP contribution in [-0.4, -0.2) is 53.3 Å². The van der Waals surface area contributed by atoms with Crippen LogP contribution in [0.4, 0.5) is 0 Å². The standard InChI is InChI=1S/C23H32N4O4/c1-4-18(28)11-6-5-7-12-19(25-21(29)15-27(2)3)22-24-14-20(26-22)16-9-8-10-17(13-16)23(30)31/h8-10,13-14,19H,4-7,11-12,15H2,1-3H3,(H,24,26)(H,25,29)(H,30,31)/p+1/t19-/m0/s1. The third-order valence-electron chi connectivity index (χ3n) is 5.05. The van der Waals surface area contributed by atoms with Gasteiger partial charge in [-0.3, -0.25) is 9.59 Å². The SMILES string of the molecule is CCC(=O)CCCCC[C@H](NC(=O)CN(C)C)c1[nH]c(-c2cccc(C(=O)O)c2)c[nH+]1. The number of imidazole rings is 1. The number of likely N-dealkylation sites (N-methyl/N-ethyl adjacent to an activating group) is 1. The van der Waals surface area contributed by atoms with Crippen molar-refractivity contribution in [2.24, 2.45) is 0 Å². The van der Waals surface area contributed by atoms with Crippen molar-refractivity contribution in [2.75, 3.05) is 20.6 Å². The Morgan fingerprint density at radius 1 is 1.19 bits per heavy atom. The molecule has 2 rings (SSSR count). The first kappa shape index (κ1) is 24.3. The number of nitrogens with zero attached hydrogens (tertiary/aromatic N) is 1. The number of carbonyl (C=O) groups is 3. The molecular formula is C23H33N4O4+. The Bertz CT molecular complexity index is 891. The normalized spacial score (nSPS) is 12.0. The summed E-state index contributed by atoms with van der Waals surface area (Å²) in [7, 11) is 3.68. The molecule has 0 bridgehead atoms. The number of H-pyrrole nitrogens is 2. The number of aromatic amines is 2. The van der Waals surface area contributed by atoms with Gasteiger partial charge in [0.25, 0.3) is 5.82 Å². The molecule has 0 radical (unpaired) electrons. The number of unbranched alkanes of at least 4 members (excludes halogenated alkanes) is 2. The minimum Gasteiger partial charge on any atom is -0.478 e. The largest absolute Gasteiger partial charge is 0.478 e. The molecule has 0 aliphatic heterocycles. The molecule has 0 saturated heterocycles. The third kappa shape index (κ3) is 7.97. The van der Waals surface area contributed by atoms with Gasteiger partial charge in [0.15, 0.2) is 5.69 Å². The molecule has 1 heterocycles. The third-order valence-corrected chi connectivity index (χ3v) is 5.05. The molecule has 0 aliphatic carbocycles. The monoisotopic (exact) mass is 429 g/mol. The number of Topliss-reactive ketones (excluding diaryl/α,β-unsaturated/α-hetero) is 1. The molecular weight excluding hydrogens is 396 g/mol. The van der Waals surface area contributed by atoms with Crippen LogP contribution in [0.2, 0.25) is 0 Å². The first-order chi connectivity index (χ1) is 14.8. The maximum absolute atomic E-state index is 12.4. The van der Waals surface area contributed by atoms with Crippen molar-refractivity contribution in [3.05, 3.63) is 41.9 Å². The van der Waals surface area contributed by atoms with Crippen LogP contribution in [0.3, 0.4) is 0 Å². The van der Waals surface area contributed by atoms with E-state index in [-0.39, 0.29) is 29.8 Å². The van der Waals surface area contributed by atoms with Crippen molar-refractivity contribution < 1.29 is 24.5 Å². The number of carboxylic acid groups (broad SMARTS) is 1. The van der Waals surface area contributed by atoms with Crippen LogP contribution in [-0.2, 0) is 9.59 Å². The summed E-state index contributed by atoms with van der Waals surface area (Å²) < 4.78 is 0. The fraction of sp³-hybridized carbons (Fsp3) is 0.478. The lowest BCUT2D eigenvalue weighted by atomic mass is 10.0. The fourth-order valence-electron chi connectivity index (χ4n) is 3.37. The van der Waals surface area contributed by atoms with E-state index in [1.165, 1.54) is 0 Å². The molecule has 8 nitrogen and oxygen atoms in total. The highest BCUT2D eigenvalue weighted by Crippen LogP contribution is 2.22. The maximum Gasteiger partial charge on any atom is 0.335 e. The predicted molar refractivity (Wildman–Crippen MR) is 118 cm³/mol. The highest BCUT2D eigenvalue weighted by molar-refractivity contribution is 5.89. The smallest absolute Gasteiger partial charge is 0.335 e. The second kappa shape index (κ2) is 12.0. The molecule has 2 aromatic rings. The molecule has 1 aromatic heterocycles. The number of carbonyl (C=O) groups excluding carboxylic acids is 2. The number of rotatable bonds is 13. The lowest BCUT2D eigenvalue weighted by Crippen LogP contribution is -2.37. The van der Waals surface area contributed by atoms with E-state index in [1.807, 2.05) is 32.0 Å². The zero-order valence-electron chi connectivity index (χ0n) is 18.5. The average molecular weight is 430 g/mol. The summed E-state index contributed by atoms with van der Waals surface area (Å²) in [4.78, 5) is 43.4. The summed E-state index contributed by atoms with van der Waals surface area (Å²) in [6.45, 7) is 2.17. The van der Waals surface area contributed by atoms with Gasteiger partial charge in [0.1, 0.15) is 18.0 Å². The Balaban J connectivity index is 2.10. The predicted octanol–water partition coefficient (Wildman–Crippen LogP) is 2.84. The second-order valence-corrected chi connectivity index (χ2v) is 7.98. The van der Waals surface area contributed by atoms with Gasteiger partial charge < -0.3 is 15.3 Å². The van der Waals surface area contributed by atoms with Crippen LogP contribution in [0.5, 0.6) is 0 Å². The molecule has 31 heavy (non-hydrogen) atoms. The molecule has 0 fully saturated rings. The van der Waals surface area contributed by atoms with Gasteiger partial charge in [-0.2, -0.15) is 0 Å². The highest BCUT2D eigenvalue weighted by atomic mass is 16.4. The van der Waals surface area contributed by atoms with Crippen molar-refractivity contribution in [1.29, 1.82) is 0 Å². The number of nitrogens with one attached hydrogen (secondary N) is 3. The summed E-state index contributed by atoms with van der Waals surface area (Å²) in [5.41, 5.74) is 1.71. The summed E-state index contributed by atoms with van der Waals surface area (Å²) in [5.74, 6) is -0.0178. The topological polar surface area (TPSA) is 117 Å². The van der Waals surface area contributed by atoms with E-state index in [9.17, 15) is 19.5 Å². The number of aromatic carboxylic acids is 1. The van der Waals surface area contributed by atoms with Crippen molar-refractivity contribution >= 4 is 17.7 Å². The molecule has 0 saturated carbocycles. The second-order valence-electron chi connectivity index (χ2n) is 7.98. The first-order valence-electron chi connectivity index (χ1n) is 10.7. The minimum atomic E-state index is -0.979. The summed E-state index contributed by atoms with van der Waals surface area (Å²) in [6.07, 6.45) is 6.33. The lowest BCUT2D eigenvalue weighted by molar-refractivity contribution is -0.391. The Morgan fingerprint density at radius 3 is 2.65 bits per heavy atom. The molecule has 1 amide bonds. The summed E-state index contributed by atoms with van der Waals surface area (Å²) in [5, 5.41) is 12.3. The number of carboxylic acids is 1. The number of benzene rings is 1. The van der Waals surface area contributed by atoms with E-state index in [0.29, 0.717) is 12.8 Å². The van der Waals surface area contributed by atoms with Crippen molar-refractivity contribution in [1.82, 2.24) is 15.2 Å². The van der Waals surface area contributed by atoms with Gasteiger partial charge >= 0.3 is 5.97 Å². The molecule has 4 N–H and O–H groups in total. The van der Waals surface area contributed by atoms with E-state index in [0.717, 1.165) is 42.8 Å². The summed E-state index contributed by atoms with van der Waals surface area (Å²) >= 11 is 0. The van der Waals surface area contributed by atoms with E-state index in [1.54, 1.807) is 24.4 Å². The van der Waals surface area contributed by atoms with E-state index >= 15 is 0 Å². The van der Waals surface area contributed by atoms with E-state index < -0.39 is 5.97 Å². The molecule has 1 aromatic carbocycles. The van der Waals surface area contributed by atoms with Gasteiger partial charge in [0.2, 0.25) is 5.91 Å². The van der Waals surface area contributed by atoms with Crippen molar-refractivity contribution in [2.45, 2.75) is 51.5 Å². The van der Waals surface area contributed by atoms with E-state index in [2.05, 4.69) is 15.3 Å². The van der Waals surface area contributed by atoms with Crippen molar-refractivity contribution in [3.8, 4) is 11.3 Å². The fourth-order valence-corrected chi connectivity index (χ4v) is 3.37. The van der Waals surface area contributed by atoms with Gasteiger partial charge in [-0.1, -0.05) is 31.9 Å². The Labute approximate surface area is 183 Å². The molecule has 168 valence electrons. The average Bonchev–Trinajstić information content (AvgIpc) is 3.22. The summed E-state index contributed by atoms with van der Waals surface area (Å²) in [6, 6.07) is 6.46. The van der Waals surface area contributed by atoms with Crippen LogP contribution in [0.25, 0.3) is 11.3 Å². The molecule has 0 aliphatic rings. The minimum absolute atomic E-state index is 0.0754. The zero-order chi connectivity index (χ0) is 22.8. The Hall–Kier alpha value is -3.00. The molecule has 1 atom stereocenters. The number of ketones is 1. The van der Waals surface area contributed by atoms with Crippen LogP contribution in [0.1, 0.15) is 67.7 Å². The number of hydrogen-bond donors (Lipinski definition) is 3.